The molecule has 96 valence electrons. The van der Waals surface area contributed by atoms with Crippen molar-refractivity contribution in [3.8, 4) is 5.88 Å². The third-order valence-corrected chi connectivity index (χ3v) is 2.12. The zero-order chi connectivity index (χ0) is 12.7. The third kappa shape index (κ3) is 5.10. The molecule has 1 aromatic rings. The van der Waals surface area contributed by atoms with Gasteiger partial charge in [-0.1, -0.05) is 13.8 Å². The molecule has 4 nitrogen and oxygen atoms in total. The van der Waals surface area contributed by atoms with E-state index >= 15 is 0 Å². The molecule has 5 heteroatoms. The maximum Gasteiger partial charge on any atom is 0.218 e. The standard InChI is InChI=1S/C12H19FN2O2/c1-9(2)14-7-10-6-11(13)8-15-12(10)17-5-4-16-3/h6,8-9,14H,4-5,7H2,1-3H3. The van der Waals surface area contributed by atoms with E-state index in [-0.39, 0.29) is 5.82 Å². The molecule has 0 spiro atoms. The van der Waals surface area contributed by atoms with Crippen LogP contribution in [0.3, 0.4) is 0 Å². The Labute approximate surface area is 101 Å². The van der Waals surface area contributed by atoms with Crippen LogP contribution in [0.4, 0.5) is 4.39 Å². The molecule has 1 aromatic heterocycles. The van der Waals surface area contributed by atoms with Crippen molar-refractivity contribution in [3.63, 3.8) is 0 Å². The highest BCUT2D eigenvalue weighted by molar-refractivity contribution is 5.26. The Bertz CT molecular complexity index is 345. The van der Waals surface area contributed by atoms with Crippen molar-refractivity contribution in [1.29, 1.82) is 0 Å². The van der Waals surface area contributed by atoms with E-state index in [4.69, 9.17) is 9.47 Å². The van der Waals surface area contributed by atoms with Gasteiger partial charge in [-0.2, -0.15) is 0 Å². The van der Waals surface area contributed by atoms with Gasteiger partial charge >= 0.3 is 0 Å². The lowest BCUT2D eigenvalue weighted by Gasteiger charge is -2.12. The predicted molar refractivity (Wildman–Crippen MR) is 63.5 cm³/mol. The lowest BCUT2D eigenvalue weighted by atomic mass is 10.2. The molecule has 0 aromatic carbocycles. The molecule has 0 saturated carbocycles. The monoisotopic (exact) mass is 242 g/mol. The van der Waals surface area contributed by atoms with Crippen molar-refractivity contribution < 1.29 is 13.9 Å². The number of rotatable bonds is 7. The molecule has 0 unspecified atom stereocenters. The maximum atomic E-state index is 13.1. The Morgan fingerprint density at radius 1 is 1.41 bits per heavy atom. The summed E-state index contributed by atoms with van der Waals surface area (Å²) in [7, 11) is 1.60. The Morgan fingerprint density at radius 3 is 2.82 bits per heavy atom. The van der Waals surface area contributed by atoms with E-state index < -0.39 is 0 Å². The smallest absolute Gasteiger partial charge is 0.218 e. The van der Waals surface area contributed by atoms with Crippen molar-refractivity contribution in [2.45, 2.75) is 26.4 Å². The number of hydrogen-bond donors (Lipinski definition) is 1. The zero-order valence-electron chi connectivity index (χ0n) is 10.5. The Balaban J connectivity index is 2.66. The van der Waals surface area contributed by atoms with Crippen molar-refractivity contribution in [2.24, 2.45) is 0 Å². The Kier molecular flexibility index (Phi) is 5.86. The van der Waals surface area contributed by atoms with E-state index in [2.05, 4.69) is 10.3 Å². The molecule has 0 atom stereocenters. The van der Waals surface area contributed by atoms with Crippen LogP contribution >= 0.6 is 0 Å². The summed E-state index contributed by atoms with van der Waals surface area (Å²) in [5, 5.41) is 3.20. The van der Waals surface area contributed by atoms with Crippen LogP contribution in [-0.4, -0.2) is 31.3 Å². The second-order valence-electron chi connectivity index (χ2n) is 3.99. The van der Waals surface area contributed by atoms with Gasteiger partial charge in [-0.05, 0) is 6.07 Å². The minimum atomic E-state index is -0.357. The number of pyridine rings is 1. The van der Waals surface area contributed by atoms with Gasteiger partial charge in [0.05, 0.1) is 12.8 Å². The van der Waals surface area contributed by atoms with Gasteiger partial charge in [0, 0.05) is 25.3 Å². The fourth-order valence-electron chi connectivity index (χ4n) is 1.26. The summed E-state index contributed by atoms with van der Waals surface area (Å²) in [6, 6.07) is 1.76. The second-order valence-corrected chi connectivity index (χ2v) is 3.99. The highest BCUT2D eigenvalue weighted by Gasteiger charge is 2.07. The van der Waals surface area contributed by atoms with Gasteiger partial charge in [-0.15, -0.1) is 0 Å². The van der Waals surface area contributed by atoms with Gasteiger partial charge in [0.2, 0.25) is 5.88 Å². The Morgan fingerprint density at radius 2 is 2.18 bits per heavy atom. The van der Waals surface area contributed by atoms with Crippen LogP contribution in [-0.2, 0) is 11.3 Å². The van der Waals surface area contributed by atoms with Crippen molar-refractivity contribution in [1.82, 2.24) is 10.3 Å². The van der Waals surface area contributed by atoms with Crippen LogP contribution in [0.2, 0.25) is 0 Å². The number of hydrogen-bond acceptors (Lipinski definition) is 4. The molecule has 0 amide bonds. The van der Waals surface area contributed by atoms with Gasteiger partial charge in [0.25, 0.3) is 0 Å². The molecule has 1 heterocycles. The molecule has 0 saturated heterocycles. The lowest BCUT2D eigenvalue weighted by Crippen LogP contribution is -2.22. The molecule has 0 radical (unpaired) electrons. The number of nitrogens with one attached hydrogen (secondary N) is 1. The molecule has 0 aliphatic heterocycles. The van der Waals surface area contributed by atoms with Crippen LogP contribution in [0.5, 0.6) is 5.88 Å². The van der Waals surface area contributed by atoms with Gasteiger partial charge in [0.15, 0.2) is 0 Å². The number of nitrogens with zero attached hydrogens (tertiary/aromatic N) is 1. The van der Waals surface area contributed by atoms with E-state index in [0.717, 1.165) is 11.8 Å². The van der Waals surface area contributed by atoms with E-state index in [0.29, 0.717) is 31.7 Å². The average Bonchev–Trinajstić information content (AvgIpc) is 2.29. The molecule has 1 rings (SSSR count). The number of methoxy groups -OCH3 is 1. The highest BCUT2D eigenvalue weighted by Crippen LogP contribution is 2.16. The summed E-state index contributed by atoms with van der Waals surface area (Å²) in [6.07, 6.45) is 1.15. The highest BCUT2D eigenvalue weighted by atomic mass is 19.1. The molecule has 1 N–H and O–H groups in total. The minimum absolute atomic E-state index is 0.324. The van der Waals surface area contributed by atoms with Crippen LogP contribution in [0.25, 0.3) is 0 Å². The van der Waals surface area contributed by atoms with E-state index in [1.54, 1.807) is 7.11 Å². The van der Waals surface area contributed by atoms with Crippen LogP contribution < -0.4 is 10.1 Å². The first kappa shape index (κ1) is 13.9. The number of ether oxygens (including phenoxy) is 2. The first-order chi connectivity index (χ1) is 8.13. The zero-order valence-corrected chi connectivity index (χ0v) is 10.5. The number of halogens is 1. The fourth-order valence-corrected chi connectivity index (χ4v) is 1.26. The maximum absolute atomic E-state index is 13.1. The summed E-state index contributed by atoms with van der Waals surface area (Å²) >= 11 is 0. The molecular formula is C12H19FN2O2. The van der Waals surface area contributed by atoms with Crippen molar-refractivity contribution in [3.05, 3.63) is 23.6 Å². The van der Waals surface area contributed by atoms with Crippen molar-refractivity contribution in [2.75, 3.05) is 20.3 Å². The first-order valence-electron chi connectivity index (χ1n) is 5.63. The summed E-state index contributed by atoms with van der Waals surface area (Å²) in [5.74, 6) is 0.0984. The molecule has 0 aliphatic rings. The third-order valence-electron chi connectivity index (χ3n) is 2.12. The van der Waals surface area contributed by atoms with Gasteiger partial charge < -0.3 is 14.8 Å². The van der Waals surface area contributed by atoms with E-state index in [1.807, 2.05) is 13.8 Å². The second kappa shape index (κ2) is 7.19. The largest absolute Gasteiger partial charge is 0.475 e. The quantitative estimate of drug-likeness (QED) is 0.740. The van der Waals surface area contributed by atoms with Crippen molar-refractivity contribution >= 4 is 0 Å². The van der Waals surface area contributed by atoms with Crippen LogP contribution in [0.15, 0.2) is 12.3 Å². The normalized spacial score (nSPS) is 10.9. The molecule has 0 aliphatic carbocycles. The molecule has 0 fully saturated rings. The van der Waals surface area contributed by atoms with Crippen LogP contribution in [0, 0.1) is 5.82 Å². The van der Waals surface area contributed by atoms with E-state index in [1.165, 1.54) is 6.07 Å². The topological polar surface area (TPSA) is 43.4 Å². The summed E-state index contributed by atoms with van der Waals surface area (Å²) < 4.78 is 23.4. The lowest BCUT2D eigenvalue weighted by molar-refractivity contribution is 0.143. The minimum Gasteiger partial charge on any atom is -0.475 e. The molecule has 0 bridgehead atoms. The predicted octanol–water partition coefficient (Wildman–Crippen LogP) is 1.74. The average molecular weight is 242 g/mol. The van der Waals surface area contributed by atoms with Gasteiger partial charge in [-0.25, -0.2) is 9.37 Å². The first-order valence-corrected chi connectivity index (χ1v) is 5.63. The van der Waals surface area contributed by atoms with Crippen LogP contribution in [0.1, 0.15) is 19.4 Å². The summed E-state index contributed by atoms with van der Waals surface area (Å²) in [4.78, 5) is 3.94. The number of aromatic nitrogens is 1. The van der Waals surface area contributed by atoms with Gasteiger partial charge in [-0.3, -0.25) is 0 Å². The molecular weight excluding hydrogens is 223 g/mol. The van der Waals surface area contributed by atoms with Gasteiger partial charge in [0.1, 0.15) is 12.4 Å². The summed E-state index contributed by atoms with van der Waals surface area (Å²) in [5.41, 5.74) is 0.717. The summed E-state index contributed by atoms with van der Waals surface area (Å²) in [6.45, 7) is 5.47. The fraction of sp³-hybridized carbons (Fsp3) is 0.583. The molecule has 17 heavy (non-hydrogen) atoms. The SMILES string of the molecule is COCCOc1ncc(F)cc1CNC(C)C. The van der Waals surface area contributed by atoms with E-state index in [9.17, 15) is 4.39 Å². The Hall–Kier alpha value is -1.20.